The Bertz CT molecular complexity index is 1460. The van der Waals surface area contributed by atoms with Crippen molar-refractivity contribution in [3.05, 3.63) is 71.8 Å². The fraction of sp³-hybridized carbons (Fsp3) is 0.269. The number of ketones is 1. The molecule has 1 aliphatic heterocycles. The molecule has 1 fully saturated rings. The summed E-state index contributed by atoms with van der Waals surface area (Å²) < 4.78 is 66.2. The van der Waals surface area contributed by atoms with Crippen LogP contribution < -0.4 is 10.1 Å². The van der Waals surface area contributed by atoms with E-state index < -0.39 is 17.6 Å². The third kappa shape index (κ3) is 5.41. The molecule has 4 aromatic rings. The molecule has 7 nitrogen and oxygen atoms in total. The van der Waals surface area contributed by atoms with Crippen LogP contribution in [-0.4, -0.2) is 33.5 Å². The van der Waals surface area contributed by atoms with Crippen LogP contribution >= 0.6 is 0 Å². The predicted molar refractivity (Wildman–Crippen MR) is 127 cm³/mol. The topological polar surface area (TPSA) is 78.3 Å². The minimum absolute atomic E-state index is 0.0780. The zero-order valence-electron chi connectivity index (χ0n) is 19.7. The number of halogens is 4. The lowest BCUT2D eigenvalue weighted by Crippen LogP contribution is -2.17. The number of aryl methyl sites for hydroxylation is 1. The molecule has 11 heteroatoms. The Morgan fingerprint density at radius 1 is 1.16 bits per heavy atom. The van der Waals surface area contributed by atoms with Crippen LogP contribution in [0.15, 0.2) is 54.7 Å². The van der Waals surface area contributed by atoms with Crippen molar-refractivity contribution in [2.45, 2.75) is 19.0 Å². The molecule has 0 aliphatic carbocycles. The van der Waals surface area contributed by atoms with Crippen LogP contribution in [0.1, 0.15) is 17.7 Å². The minimum Gasteiger partial charge on any atom is -0.457 e. The molecule has 1 saturated heterocycles. The van der Waals surface area contributed by atoms with Crippen molar-refractivity contribution in [2.24, 2.45) is 13.0 Å². The molecule has 192 valence electrons. The number of carbonyl (C=O) groups is 1. The van der Waals surface area contributed by atoms with Crippen LogP contribution in [0, 0.1) is 11.7 Å². The first-order valence-corrected chi connectivity index (χ1v) is 11.5. The number of anilines is 2. The van der Waals surface area contributed by atoms with E-state index in [2.05, 4.69) is 15.3 Å². The highest BCUT2D eigenvalue weighted by molar-refractivity contribution is 5.83. The van der Waals surface area contributed by atoms with Gasteiger partial charge in [-0.3, -0.25) is 9.78 Å². The Kier molecular flexibility index (Phi) is 6.55. The third-order valence-electron chi connectivity index (χ3n) is 6.16. The molecular formula is C26H22F4N4O3. The first-order chi connectivity index (χ1) is 17.7. The molecule has 2 aromatic carbocycles. The van der Waals surface area contributed by atoms with Crippen molar-refractivity contribution in [2.75, 3.05) is 18.5 Å². The maximum atomic E-state index is 14.2. The summed E-state index contributed by atoms with van der Waals surface area (Å²) >= 11 is 0. The van der Waals surface area contributed by atoms with Gasteiger partial charge < -0.3 is 19.4 Å². The van der Waals surface area contributed by atoms with Crippen molar-refractivity contribution in [1.29, 1.82) is 0 Å². The smallest absolute Gasteiger partial charge is 0.416 e. The number of imidazole rings is 1. The van der Waals surface area contributed by atoms with Crippen LogP contribution in [-0.2, 0) is 29.2 Å². The molecule has 0 amide bonds. The van der Waals surface area contributed by atoms with Gasteiger partial charge in [-0.2, -0.15) is 13.2 Å². The van der Waals surface area contributed by atoms with Crippen molar-refractivity contribution in [1.82, 2.24) is 14.5 Å². The monoisotopic (exact) mass is 514 g/mol. The number of hydrogen-bond donors (Lipinski definition) is 1. The number of hydrogen-bond acceptors (Lipinski definition) is 6. The molecule has 1 N–H and O–H groups in total. The number of ether oxygens (including phenoxy) is 2. The summed E-state index contributed by atoms with van der Waals surface area (Å²) in [6.07, 6.45) is -2.14. The lowest BCUT2D eigenvalue weighted by atomic mass is 9.99. The quantitative estimate of drug-likeness (QED) is 0.314. The van der Waals surface area contributed by atoms with Crippen molar-refractivity contribution in [3.8, 4) is 11.5 Å². The van der Waals surface area contributed by atoms with Crippen LogP contribution in [0.3, 0.4) is 0 Å². The molecule has 5 rings (SSSR count). The minimum atomic E-state index is -4.60. The van der Waals surface area contributed by atoms with E-state index in [-0.39, 0.29) is 29.8 Å². The van der Waals surface area contributed by atoms with E-state index in [9.17, 15) is 22.4 Å². The van der Waals surface area contributed by atoms with Gasteiger partial charge in [0.15, 0.2) is 0 Å². The summed E-state index contributed by atoms with van der Waals surface area (Å²) in [6.45, 7) is 1.03. The zero-order valence-corrected chi connectivity index (χ0v) is 19.7. The molecule has 3 heterocycles. The number of fused-ring (bicyclic) bond motifs is 1. The van der Waals surface area contributed by atoms with Gasteiger partial charge in [-0.05, 0) is 42.8 Å². The second kappa shape index (κ2) is 9.81. The molecule has 1 aliphatic rings. The summed E-state index contributed by atoms with van der Waals surface area (Å²) in [5.74, 6) is 0.233. The first kappa shape index (κ1) is 24.7. The molecule has 0 spiro atoms. The van der Waals surface area contributed by atoms with Crippen LogP contribution in [0.4, 0.5) is 29.2 Å². The van der Waals surface area contributed by atoms with Gasteiger partial charge in [0.05, 0.1) is 34.6 Å². The van der Waals surface area contributed by atoms with Crippen LogP contribution in [0.5, 0.6) is 11.5 Å². The van der Waals surface area contributed by atoms with Gasteiger partial charge in [0.2, 0.25) is 5.95 Å². The van der Waals surface area contributed by atoms with E-state index in [4.69, 9.17) is 9.47 Å². The number of carbonyl (C=O) groups excluding carboxylic acids is 1. The van der Waals surface area contributed by atoms with E-state index in [1.165, 1.54) is 0 Å². The van der Waals surface area contributed by atoms with Gasteiger partial charge in [0.25, 0.3) is 0 Å². The summed E-state index contributed by atoms with van der Waals surface area (Å²) in [7, 11) is 1.66. The number of nitrogens with zero attached hydrogens (tertiary/aromatic N) is 3. The molecule has 2 aromatic heterocycles. The number of pyridine rings is 1. The first-order valence-electron chi connectivity index (χ1n) is 11.5. The Labute approximate surface area is 209 Å². The zero-order chi connectivity index (χ0) is 26.2. The second-order valence-corrected chi connectivity index (χ2v) is 8.75. The Morgan fingerprint density at radius 2 is 1.97 bits per heavy atom. The Balaban J connectivity index is 1.34. The largest absolute Gasteiger partial charge is 0.457 e. The summed E-state index contributed by atoms with van der Waals surface area (Å²) in [5.41, 5.74) is 0.416. The number of Topliss-reactive ketones (excluding diaryl/α,β-unsaturated/α-hetero) is 1. The lowest BCUT2D eigenvalue weighted by molar-refractivity contribution is -0.137. The Morgan fingerprint density at radius 3 is 2.73 bits per heavy atom. The average Bonchev–Trinajstić information content (AvgIpc) is 3.49. The fourth-order valence-corrected chi connectivity index (χ4v) is 4.14. The fourth-order valence-electron chi connectivity index (χ4n) is 4.14. The van der Waals surface area contributed by atoms with Gasteiger partial charge >= 0.3 is 6.18 Å². The van der Waals surface area contributed by atoms with Crippen LogP contribution in [0.25, 0.3) is 11.0 Å². The average molecular weight is 514 g/mol. The third-order valence-corrected chi connectivity index (χ3v) is 6.16. The molecule has 0 saturated carbocycles. The molecule has 37 heavy (non-hydrogen) atoms. The number of rotatable bonds is 7. The van der Waals surface area contributed by atoms with Crippen molar-refractivity contribution >= 4 is 28.5 Å². The number of nitrogens with one attached hydrogen (secondary N) is 1. The standard InChI is InChI=1S/C26H22F4N4O3/c1-34-23-5-3-18(37-19-6-8-31-17(11-19)12-24(35)15-7-9-36-14-15)13-22(23)33-25(34)32-21-10-16(26(28,29)30)2-4-20(21)27/h2-6,8,10-11,13,15H,7,9,12,14H2,1H3,(H,32,33). The molecule has 1 atom stereocenters. The highest BCUT2D eigenvalue weighted by Gasteiger charge is 2.31. The van der Waals surface area contributed by atoms with E-state index in [0.29, 0.717) is 53.6 Å². The predicted octanol–water partition coefficient (Wildman–Crippen LogP) is 5.81. The summed E-state index contributed by atoms with van der Waals surface area (Å²) in [4.78, 5) is 21.1. The number of alkyl halides is 3. The molecule has 1 unspecified atom stereocenters. The van der Waals surface area contributed by atoms with E-state index >= 15 is 0 Å². The van der Waals surface area contributed by atoms with Crippen molar-refractivity contribution < 1.29 is 31.8 Å². The molecule has 0 radical (unpaired) electrons. The maximum Gasteiger partial charge on any atom is 0.416 e. The maximum absolute atomic E-state index is 14.2. The van der Waals surface area contributed by atoms with E-state index in [0.717, 1.165) is 12.5 Å². The lowest BCUT2D eigenvalue weighted by Gasteiger charge is -2.11. The summed E-state index contributed by atoms with van der Waals surface area (Å²) in [6, 6.07) is 10.6. The van der Waals surface area contributed by atoms with Gasteiger partial charge in [0.1, 0.15) is 23.1 Å². The van der Waals surface area contributed by atoms with Gasteiger partial charge in [-0.1, -0.05) is 0 Å². The highest BCUT2D eigenvalue weighted by Crippen LogP contribution is 2.33. The van der Waals surface area contributed by atoms with Gasteiger partial charge in [-0.15, -0.1) is 0 Å². The van der Waals surface area contributed by atoms with E-state index in [1.54, 1.807) is 48.1 Å². The SMILES string of the molecule is Cn1c(Nc2cc(C(F)(F)F)ccc2F)nc2cc(Oc3ccnc(CC(=O)C4CCOC4)c3)ccc21. The molecular weight excluding hydrogens is 492 g/mol. The number of benzene rings is 2. The highest BCUT2D eigenvalue weighted by atomic mass is 19.4. The number of aromatic nitrogens is 3. The second-order valence-electron chi connectivity index (χ2n) is 8.75. The van der Waals surface area contributed by atoms with Crippen molar-refractivity contribution in [3.63, 3.8) is 0 Å². The van der Waals surface area contributed by atoms with Gasteiger partial charge in [0, 0.05) is 44.3 Å². The molecule has 0 bridgehead atoms. The van der Waals surface area contributed by atoms with Gasteiger partial charge in [-0.25, -0.2) is 9.37 Å². The summed E-state index contributed by atoms with van der Waals surface area (Å²) in [5, 5.41) is 2.65. The normalized spacial score (nSPS) is 15.8. The van der Waals surface area contributed by atoms with E-state index in [1.807, 2.05) is 0 Å². The van der Waals surface area contributed by atoms with Crippen LogP contribution in [0.2, 0.25) is 0 Å². The Hall–Kier alpha value is -3.99.